The Kier molecular flexibility index (Phi) is 4.52. The lowest BCUT2D eigenvalue weighted by Gasteiger charge is -2.06. The van der Waals surface area contributed by atoms with Crippen molar-refractivity contribution >= 4 is 34.8 Å². The Morgan fingerprint density at radius 1 is 1.40 bits per heavy atom. The Balaban J connectivity index is 2.05. The van der Waals surface area contributed by atoms with Crippen LogP contribution in [0, 0.1) is 0 Å². The van der Waals surface area contributed by atoms with Crippen molar-refractivity contribution in [3.05, 3.63) is 45.6 Å². The van der Waals surface area contributed by atoms with Crippen LogP contribution in [0.2, 0.25) is 10.0 Å². The first-order valence-electron chi connectivity index (χ1n) is 5.97. The molecule has 0 radical (unpaired) electrons. The van der Waals surface area contributed by atoms with E-state index in [-0.39, 0.29) is 28.2 Å². The zero-order chi connectivity index (χ0) is 14.7. The smallest absolute Gasteiger partial charge is 0.251 e. The van der Waals surface area contributed by atoms with E-state index in [1.54, 1.807) is 6.20 Å². The van der Waals surface area contributed by atoms with Crippen LogP contribution >= 0.6 is 23.2 Å². The van der Waals surface area contributed by atoms with Crippen LogP contribution in [-0.4, -0.2) is 10.9 Å². The number of hydrogen-bond donors (Lipinski definition) is 2. The van der Waals surface area contributed by atoms with Crippen molar-refractivity contribution in [1.29, 1.82) is 0 Å². The molecule has 0 spiro atoms. The molecule has 5 nitrogen and oxygen atoms in total. The van der Waals surface area contributed by atoms with Gasteiger partial charge in [-0.2, -0.15) is 0 Å². The second-order valence-electron chi connectivity index (χ2n) is 4.11. The van der Waals surface area contributed by atoms with E-state index in [0.717, 1.165) is 12.2 Å². The monoisotopic (exact) mass is 313 g/mol. The Bertz CT molecular complexity index is 617. The summed E-state index contributed by atoms with van der Waals surface area (Å²) >= 11 is 11.8. The minimum Gasteiger partial charge on any atom is -0.444 e. The number of benzene rings is 1. The van der Waals surface area contributed by atoms with E-state index < -0.39 is 0 Å². The summed E-state index contributed by atoms with van der Waals surface area (Å²) < 4.78 is 5.39. The normalized spacial score (nSPS) is 10.6. The highest BCUT2D eigenvalue weighted by atomic mass is 35.5. The molecule has 0 aliphatic carbocycles. The van der Waals surface area contributed by atoms with Crippen LogP contribution in [0.25, 0.3) is 0 Å². The van der Waals surface area contributed by atoms with Gasteiger partial charge in [-0.15, -0.1) is 0 Å². The van der Waals surface area contributed by atoms with Crippen LogP contribution in [0.1, 0.15) is 28.9 Å². The fraction of sp³-hybridized carbons (Fsp3) is 0.231. The number of carbonyl (C=O) groups is 1. The van der Waals surface area contributed by atoms with Crippen molar-refractivity contribution in [3.8, 4) is 0 Å². The third-order valence-electron chi connectivity index (χ3n) is 2.69. The summed E-state index contributed by atoms with van der Waals surface area (Å²) in [6.07, 6.45) is 2.39. The number of nitrogen functional groups attached to an aromatic ring is 1. The first-order chi connectivity index (χ1) is 9.51. The Hall–Kier alpha value is -1.72. The molecule has 0 saturated heterocycles. The van der Waals surface area contributed by atoms with Crippen LogP contribution in [0.4, 0.5) is 5.69 Å². The molecular formula is C13H13Cl2N3O2. The highest BCUT2D eigenvalue weighted by molar-refractivity contribution is 6.39. The van der Waals surface area contributed by atoms with E-state index >= 15 is 0 Å². The van der Waals surface area contributed by atoms with Gasteiger partial charge in [0.25, 0.3) is 5.91 Å². The number of oxazole rings is 1. The minimum atomic E-state index is -0.329. The van der Waals surface area contributed by atoms with Crippen LogP contribution in [0.15, 0.2) is 22.7 Å². The summed E-state index contributed by atoms with van der Waals surface area (Å²) in [4.78, 5) is 16.0. The van der Waals surface area contributed by atoms with E-state index in [1.165, 1.54) is 12.1 Å². The summed E-state index contributed by atoms with van der Waals surface area (Å²) in [6.45, 7) is 2.15. The van der Waals surface area contributed by atoms with Gasteiger partial charge in [0.2, 0.25) is 5.89 Å². The fourth-order valence-corrected chi connectivity index (χ4v) is 2.05. The number of aryl methyl sites for hydroxylation is 1. The molecule has 7 heteroatoms. The molecule has 0 unspecified atom stereocenters. The predicted molar refractivity (Wildman–Crippen MR) is 77.9 cm³/mol. The number of anilines is 1. The second kappa shape index (κ2) is 6.15. The predicted octanol–water partition coefficient (Wildman–Crippen LogP) is 3.06. The molecule has 1 aromatic carbocycles. The molecular weight excluding hydrogens is 301 g/mol. The number of hydrogen-bond acceptors (Lipinski definition) is 4. The van der Waals surface area contributed by atoms with Crippen LogP contribution < -0.4 is 11.1 Å². The third-order valence-corrected chi connectivity index (χ3v) is 3.32. The lowest BCUT2D eigenvalue weighted by Crippen LogP contribution is -2.23. The van der Waals surface area contributed by atoms with Gasteiger partial charge in [-0.25, -0.2) is 4.98 Å². The van der Waals surface area contributed by atoms with Gasteiger partial charge in [-0.1, -0.05) is 30.1 Å². The lowest BCUT2D eigenvalue weighted by molar-refractivity contribution is 0.0947. The molecule has 106 valence electrons. The quantitative estimate of drug-likeness (QED) is 0.850. The molecule has 2 rings (SSSR count). The van der Waals surface area contributed by atoms with Crippen LogP contribution in [0.3, 0.4) is 0 Å². The average Bonchev–Trinajstić information content (AvgIpc) is 2.89. The van der Waals surface area contributed by atoms with Crippen molar-refractivity contribution in [1.82, 2.24) is 10.3 Å². The molecule has 1 heterocycles. The Morgan fingerprint density at radius 3 is 2.60 bits per heavy atom. The molecule has 0 bridgehead atoms. The Morgan fingerprint density at radius 2 is 2.05 bits per heavy atom. The van der Waals surface area contributed by atoms with Gasteiger partial charge in [-0.3, -0.25) is 4.79 Å². The maximum absolute atomic E-state index is 12.0. The molecule has 1 aromatic heterocycles. The zero-order valence-electron chi connectivity index (χ0n) is 10.7. The number of nitrogens with zero attached hydrogens (tertiary/aromatic N) is 1. The summed E-state index contributed by atoms with van der Waals surface area (Å²) in [5.74, 6) is 0.890. The highest BCUT2D eigenvalue weighted by Crippen LogP contribution is 2.28. The standard InChI is InChI=1S/C13H13Cl2N3O2/c1-2-8-5-17-11(20-8)6-18-13(19)7-3-9(14)12(16)10(15)4-7/h3-5H,2,6,16H2,1H3,(H,18,19). The van der Waals surface area contributed by atoms with Gasteiger partial charge in [0.15, 0.2) is 0 Å². The first kappa shape index (κ1) is 14.7. The van der Waals surface area contributed by atoms with Gasteiger partial charge < -0.3 is 15.5 Å². The molecule has 0 aliphatic rings. The van der Waals surface area contributed by atoms with Crippen molar-refractivity contribution in [2.24, 2.45) is 0 Å². The molecule has 3 N–H and O–H groups in total. The van der Waals surface area contributed by atoms with Crippen LogP contribution in [-0.2, 0) is 13.0 Å². The van der Waals surface area contributed by atoms with E-state index in [2.05, 4.69) is 10.3 Å². The number of halogens is 2. The average molecular weight is 314 g/mol. The van der Waals surface area contributed by atoms with E-state index in [1.807, 2.05) is 6.92 Å². The van der Waals surface area contributed by atoms with Gasteiger partial charge in [0, 0.05) is 12.0 Å². The fourth-order valence-electron chi connectivity index (χ4n) is 1.57. The molecule has 1 amide bonds. The minimum absolute atomic E-state index is 0.193. The SMILES string of the molecule is CCc1cnc(CNC(=O)c2cc(Cl)c(N)c(Cl)c2)o1. The van der Waals surface area contributed by atoms with E-state index in [4.69, 9.17) is 33.4 Å². The first-order valence-corrected chi connectivity index (χ1v) is 6.73. The van der Waals surface area contributed by atoms with Gasteiger partial charge in [0.1, 0.15) is 5.76 Å². The van der Waals surface area contributed by atoms with Gasteiger partial charge >= 0.3 is 0 Å². The summed E-state index contributed by atoms with van der Waals surface area (Å²) in [7, 11) is 0. The number of nitrogens with two attached hydrogens (primary N) is 1. The maximum atomic E-state index is 12.0. The van der Waals surface area contributed by atoms with Gasteiger partial charge in [0.05, 0.1) is 28.5 Å². The zero-order valence-corrected chi connectivity index (χ0v) is 12.3. The number of carbonyl (C=O) groups excluding carboxylic acids is 1. The van der Waals surface area contributed by atoms with Crippen molar-refractivity contribution in [2.45, 2.75) is 19.9 Å². The molecule has 0 saturated carbocycles. The molecule has 0 fully saturated rings. The maximum Gasteiger partial charge on any atom is 0.251 e. The van der Waals surface area contributed by atoms with Crippen LogP contribution in [0.5, 0.6) is 0 Å². The largest absolute Gasteiger partial charge is 0.444 e. The summed E-state index contributed by atoms with van der Waals surface area (Å²) in [6, 6.07) is 2.93. The number of rotatable bonds is 4. The van der Waals surface area contributed by atoms with E-state index in [9.17, 15) is 4.79 Å². The van der Waals surface area contributed by atoms with Crippen molar-refractivity contribution in [2.75, 3.05) is 5.73 Å². The summed E-state index contributed by atoms with van der Waals surface area (Å²) in [5, 5.41) is 3.16. The number of nitrogens with one attached hydrogen (secondary N) is 1. The second-order valence-corrected chi connectivity index (χ2v) is 4.92. The highest BCUT2D eigenvalue weighted by Gasteiger charge is 2.12. The summed E-state index contributed by atoms with van der Waals surface area (Å²) in [5.41, 5.74) is 6.20. The molecule has 2 aromatic rings. The van der Waals surface area contributed by atoms with E-state index in [0.29, 0.717) is 11.5 Å². The van der Waals surface area contributed by atoms with Gasteiger partial charge in [-0.05, 0) is 12.1 Å². The number of aromatic nitrogens is 1. The van der Waals surface area contributed by atoms with Crippen molar-refractivity contribution in [3.63, 3.8) is 0 Å². The Labute approximate surface area is 126 Å². The topological polar surface area (TPSA) is 81.2 Å². The van der Waals surface area contributed by atoms with Crippen molar-refractivity contribution < 1.29 is 9.21 Å². The number of amides is 1. The third kappa shape index (κ3) is 3.23. The molecule has 20 heavy (non-hydrogen) atoms. The molecule has 0 atom stereocenters. The lowest BCUT2D eigenvalue weighted by atomic mass is 10.2. The molecule has 0 aliphatic heterocycles.